The van der Waals surface area contributed by atoms with Crippen LogP contribution in [0.3, 0.4) is 0 Å². The zero-order valence-electron chi connectivity index (χ0n) is 11.5. The minimum absolute atomic E-state index is 0.0374. The normalized spacial score (nSPS) is 11.5. The van der Waals surface area contributed by atoms with E-state index < -0.39 is 24.7 Å². The minimum atomic E-state index is -4.51. The summed E-state index contributed by atoms with van der Waals surface area (Å²) in [7, 11) is 0. The van der Waals surface area contributed by atoms with Crippen LogP contribution in [0.4, 0.5) is 27.6 Å². The van der Waals surface area contributed by atoms with Crippen molar-refractivity contribution in [3.8, 4) is 6.07 Å². The summed E-state index contributed by atoms with van der Waals surface area (Å²) in [5, 5.41) is 10.4. The van der Waals surface area contributed by atoms with E-state index >= 15 is 0 Å². The van der Waals surface area contributed by atoms with Gasteiger partial charge in [-0.15, -0.1) is 11.3 Å². The molecule has 0 unspecified atom stereocenters. The van der Waals surface area contributed by atoms with E-state index in [2.05, 4.69) is 4.98 Å². The summed E-state index contributed by atoms with van der Waals surface area (Å²) in [5.41, 5.74) is 0.997. The van der Waals surface area contributed by atoms with Gasteiger partial charge in [0, 0.05) is 16.6 Å². The fraction of sp³-hybridized carbons (Fsp3) is 0.286. The van der Waals surface area contributed by atoms with Crippen LogP contribution in [-0.4, -0.2) is 17.7 Å². The van der Waals surface area contributed by atoms with Crippen molar-refractivity contribution in [1.29, 1.82) is 5.26 Å². The zero-order valence-corrected chi connectivity index (χ0v) is 12.3. The van der Waals surface area contributed by atoms with Crippen molar-refractivity contribution in [1.82, 2.24) is 4.98 Å². The van der Waals surface area contributed by atoms with E-state index in [4.69, 9.17) is 5.26 Å². The van der Waals surface area contributed by atoms with Crippen molar-refractivity contribution in [3.63, 3.8) is 0 Å². The predicted molar refractivity (Wildman–Crippen MR) is 75.3 cm³/mol. The summed E-state index contributed by atoms with van der Waals surface area (Å²) in [6.07, 6.45) is -7.45. The first-order valence-electron chi connectivity index (χ1n) is 6.31. The molecule has 0 N–H and O–H groups in total. The molecule has 0 saturated heterocycles. The summed E-state index contributed by atoms with van der Waals surface area (Å²) in [6, 6.07) is 4.85. The third-order valence-corrected chi connectivity index (χ3v) is 3.60. The summed E-state index contributed by atoms with van der Waals surface area (Å²) in [5.74, 6) is 0. The van der Waals surface area contributed by atoms with Gasteiger partial charge in [0.1, 0.15) is 6.54 Å². The molecule has 1 aromatic heterocycles. The molecule has 3 nitrogen and oxygen atoms in total. The molecule has 0 aliphatic carbocycles. The van der Waals surface area contributed by atoms with Crippen LogP contribution in [-0.2, 0) is 6.54 Å². The Hall–Kier alpha value is -2.21. The van der Waals surface area contributed by atoms with Crippen molar-refractivity contribution in [2.75, 3.05) is 11.4 Å². The van der Waals surface area contributed by atoms with E-state index in [1.54, 1.807) is 11.4 Å². The summed E-state index contributed by atoms with van der Waals surface area (Å²) in [6.45, 7) is -1.48. The molecule has 0 saturated carbocycles. The van der Waals surface area contributed by atoms with Crippen LogP contribution in [0.2, 0.25) is 0 Å². The zero-order chi connectivity index (χ0) is 17.0. The third-order valence-electron chi connectivity index (χ3n) is 2.96. The molecule has 122 valence electrons. The Morgan fingerprint density at radius 3 is 2.57 bits per heavy atom. The highest BCUT2D eigenvalue weighted by Gasteiger charge is 2.31. The van der Waals surface area contributed by atoms with Gasteiger partial charge < -0.3 is 4.90 Å². The van der Waals surface area contributed by atoms with Crippen LogP contribution in [0.15, 0.2) is 29.1 Å². The fourth-order valence-electron chi connectivity index (χ4n) is 2.00. The first kappa shape index (κ1) is 17.1. The maximum absolute atomic E-state index is 13.0. The number of nitriles is 1. The topological polar surface area (TPSA) is 39.9 Å². The van der Waals surface area contributed by atoms with Crippen molar-refractivity contribution in [3.05, 3.63) is 45.9 Å². The molecule has 0 fully saturated rings. The van der Waals surface area contributed by atoms with Crippen molar-refractivity contribution in [2.24, 2.45) is 0 Å². The van der Waals surface area contributed by atoms with Gasteiger partial charge in [0.25, 0.3) is 6.43 Å². The van der Waals surface area contributed by atoms with Gasteiger partial charge in [0.2, 0.25) is 0 Å². The number of rotatable bonds is 5. The quantitative estimate of drug-likeness (QED) is 0.747. The monoisotopic (exact) mass is 347 g/mol. The van der Waals surface area contributed by atoms with Crippen LogP contribution >= 0.6 is 11.3 Å². The van der Waals surface area contributed by atoms with Gasteiger partial charge in [-0.3, -0.25) is 0 Å². The van der Waals surface area contributed by atoms with Crippen molar-refractivity contribution >= 4 is 17.0 Å². The van der Waals surface area contributed by atoms with Crippen LogP contribution in [0, 0.1) is 11.3 Å². The number of nitrogens with zero attached hydrogens (tertiary/aromatic N) is 3. The van der Waals surface area contributed by atoms with E-state index in [1.165, 1.54) is 22.9 Å². The standard InChI is InChI=1S/C14H10F5N3S/c15-13(16)12-3-11(2-1-9(12)4-20)22(7-14(17,18)19)5-10-6-23-8-21-10/h1-3,6,8,13H,5,7H2. The molecular formula is C14H10F5N3S. The van der Waals surface area contributed by atoms with Crippen LogP contribution < -0.4 is 4.90 Å². The van der Waals surface area contributed by atoms with Gasteiger partial charge in [0.15, 0.2) is 0 Å². The largest absolute Gasteiger partial charge is 0.405 e. The molecule has 0 aliphatic rings. The van der Waals surface area contributed by atoms with Crippen molar-refractivity contribution in [2.45, 2.75) is 19.1 Å². The molecule has 23 heavy (non-hydrogen) atoms. The molecule has 2 aromatic rings. The lowest BCUT2D eigenvalue weighted by Gasteiger charge is -2.26. The highest BCUT2D eigenvalue weighted by molar-refractivity contribution is 7.07. The minimum Gasteiger partial charge on any atom is -0.357 e. The second-order valence-corrected chi connectivity index (χ2v) is 5.35. The van der Waals surface area contributed by atoms with Gasteiger partial charge in [-0.1, -0.05) is 0 Å². The Labute approximate surface area is 132 Å². The molecule has 9 heteroatoms. The third kappa shape index (κ3) is 4.63. The Bertz CT molecular complexity index is 691. The first-order chi connectivity index (χ1) is 10.8. The molecule has 0 amide bonds. The average Bonchev–Trinajstić information content (AvgIpc) is 2.97. The Kier molecular flexibility index (Phi) is 5.15. The number of benzene rings is 1. The Morgan fingerprint density at radius 2 is 2.04 bits per heavy atom. The van der Waals surface area contributed by atoms with Gasteiger partial charge in [-0.2, -0.15) is 18.4 Å². The lowest BCUT2D eigenvalue weighted by molar-refractivity contribution is -0.119. The van der Waals surface area contributed by atoms with Gasteiger partial charge in [-0.05, 0) is 18.2 Å². The van der Waals surface area contributed by atoms with Crippen LogP contribution in [0.1, 0.15) is 23.2 Å². The van der Waals surface area contributed by atoms with Gasteiger partial charge in [-0.25, -0.2) is 13.8 Å². The lowest BCUT2D eigenvalue weighted by Crippen LogP contribution is -2.34. The molecule has 0 bridgehead atoms. The summed E-state index contributed by atoms with van der Waals surface area (Å²) < 4.78 is 64.2. The number of alkyl halides is 5. The Balaban J connectivity index is 2.38. The molecule has 0 spiro atoms. The molecule has 0 radical (unpaired) electrons. The number of halogens is 5. The van der Waals surface area contributed by atoms with Gasteiger partial charge >= 0.3 is 6.18 Å². The number of hydrogen-bond acceptors (Lipinski definition) is 4. The number of aromatic nitrogens is 1. The fourth-order valence-corrected chi connectivity index (χ4v) is 2.54. The molecular weight excluding hydrogens is 337 g/mol. The van der Waals surface area contributed by atoms with Gasteiger partial charge in [0.05, 0.1) is 29.4 Å². The summed E-state index contributed by atoms with van der Waals surface area (Å²) in [4.78, 5) is 4.82. The Morgan fingerprint density at radius 1 is 1.30 bits per heavy atom. The molecule has 2 rings (SSSR count). The molecule has 0 atom stereocenters. The number of anilines is 1. The van der Waals surface area contributed by atoms with E-state index in [0.29, 0.717) is 5.69 Å². The van der Waals surface area contributed by atoms with E-state index in [-0.39, 0.29) is 17.8 Å². The maximum atomic E-state index is 13.0. The molecule has 0 aliphatic heterocycles. The SMILES string of the molecule is N#Cc1ccc(N(Cc2cscn2)CC(F)(F)F)cc1C(F)F. The number of thiazole rings is 1. The predicted octanol–water partition coefficient (Wildman–Crippen LogP) is 4.52. The highest BCUT2D eigenvalue weighted by Crippen LogP contribution is 2.30. The average molecular weight is 347 g/mol. The highest BCUT2D eigenvalue weighted by atomic mass is 32.1. The van der Waals surface area contributed by atoms with Crippen LogP contribution in [0.25, 0.3) is 0 Å². The van der Waals surface area contributed by atoms with Crippen LogP contribution in [0.5, 0.6) is 0 Å². The molecule has 1 heterocycles. The second-order valence-electron chi connectivity index (χ2n) is 4.64. The second kappa shape index (κ2) is 6.91. The van der Waals surface area contributed by atoms with E-state index in [0.717, 1.165) is 17.0 Å². The summed E-state index contributed by atoms with van der Waals surface area (Å²) >= 11 is 1.23. The molecule has 1 aromatic carbocycles. The smallest absolute Gasteiger partial charge is 0.357 e. The van der Waals surface area contributed by atoms with E-state index in [1.807, 2.05) is 0 Å². The lowest BCUT2D eigenvalue weighted by atomic mass is 10.1. The first-order valence-corrected chi connectivity index (χ1v) is 7.25. The van der Waals surface area contributed by atoms with E-state index in [9.17, 15) is 22.0 Å². The van der Waals surface area contributed by atoms with Crippen molar-refractivity contribution < 1.29 is 22.0 Å². The number of hydrogen-bond donors (Lipinski definition) is 0. The maximum Gasteiger partial charge on any atom is 0.405 e.